The molecule has 9 heteroatoms. The molecule has 2 aliphatic rings. The smallest absolute Gasteiger partial charge is 0.258 e. The van der Waals surface area contributed by atoms with E-state index < -0.39 is 10.0 Å². The molecule has 1 amide bonds. The van der Waals surface area contributed by atoms with Gasteiger partial charge in [-0.15, -0.1) is 0 Å². The second kappa shape index (κ2) is 10.6. The number of rotatable bonds is 7. The van der Waals surface area contributed by atoms with Crippen molar-refractivity contribution in [1.29, 1.82) is 0 Å². The number of nitrogens with zero attached hydrogens (tertiary/aromatic N) is 3. The fourth-order valence-corrected chi connectivity index (χ4v) is 6.80. The fourth-order valence-electron chi connectivity index (χ4n) is 5.37. The van der Waals surface area contributed by atoms with Crippen molar-refractivity contribution in [3.05, 3.63) is 89.6 Å². The average Bonchev–Trinajstić information content (AvgIpc) is 3.44. The van der Waals surface area contributed by atoms with Crippen molar-refractivity contribution in [3.63, 3.8) is 0 Å². The van der Waals surface area contributed by atoms with Gasteiger partial charge in [-0.1, -0.05) is 36.4 Å². The Morgan fingerprint density at radius 1 is 1.00 bits per heavy atom. The summed E-state index contributed by atoms with van der Waals surface area (Å²) in [7, 11) is -1.99. The molecule has 2 aliphatic heterocycles. The van der Waals surface area contributed by atoms with Crippen molar-refractivity contribution < 1.29 is 22.7 Å². The standard InChI is InChI=1S/C31H31N3O5S/c1-22-7-3-6-10-30(22)39-18-13-33-21-23(25-8-4-5-9-29(25)33)19-27-26-20-24(11-12-28(26)32(2)31(27)35)40(36,37)34-14-16-38-17-15-34/h3-12,19-21H,13-18H2,1-2H3. The van der Waals surface area contributed by atoms with E-state index in [1.54, 1.807) is 30.1 Å². The SMILES string of the molecule is Cc1ccccc1OCCn1cc(C=C2C(=O)N(C)c3ccc(S(=O)(=O)N4CCOCC4)cc32)c2ccccc21. The summed E-state index contributed by atoms with van der Waals surface area (Å²) in [5, 5.41) is 1.01. The Morgan fingerprint density at radius 2 is 1.75 bits per heavy atom. The second-order valence-corrected chi connectivity index (χ2v) is 12.0. The van der Waals surface area contributed by atoms with E-state index in [2.05, 4.69) is 10.6 Å². The minimum absolute atomic E-state index is 0.171. The molecule has 3 heterocycles. The number of benzene rings is 3. The lowest BCUT2D eigenvalue weighted by Gasteiger charge is -2.26. The maximum atomic E-state index is 13.4. The summed E-state index contributed by atoms with van der Waals surface area (Å²) in [6.07, 6.45) is 3.90. The molecule has 6 rings (SSSR count). The topological polar surface area (TPSA) is 81.1 Å². The van der Waals surface area contributed by atoms with Crippen molar-refractivity contribution in [2.24, 2.45) is 0 Å². The minimum Gasteiger partial charge on any atom is -0.491 e. The molecule has 0 saturated carbocycles. The summed E-state index contributed by atoms with van der Waals surface area (Å²) < 4.78 is 41.6. The van der Waals surface area contributed by atoms with Crippen LogP contribution in [0.25, 0.3) is 22.6 Å². The number of hydrogen-bond donors (Lipinski definition) is 0. The van der Waals surface area contributed by atoms with Crippen LogP contribution in [-0.2, 0) is 26.1 Å². The molecule has 0 aliphatic carbocycles. The van der Waals surface area contributed by atoms with Gasteiger partial charge in [0, 0.05) is 53.9 Å². The first-order valence-corrected chi connectivity index (χ1v) is 14.8. The van der Waals surface area contributed by atoms with Gasteiger partial charge in [-0.25, -0.2) is 8.42 Å². The Kier molecular flexibility index (Phi) is 6.95. The van der Waals surface area contributed by atoms with Crippen molar-refractivity contribution in [3.8, 4) is 5.75 Å². The van der Waals surface area contributed by atoms with Crippen LogP contribution in [-0.4, -0.2) is 63.2 Å². The number of carbonyl (C=O) groups excluding carboxylic acids is 1. The summed E-state index contributed by atoms with van der Waals surface area (Å²) in [4.78, 5) is 15.1. The number of para-hydroxylation sites is 2. The number of sulfonamides is 1. The van der Waals surface area contributed by atoms with Crippen LogP contribution in [0.4, 0.5) is 5.69 Å². The summed E-state index contributed by atoms with van der Waals surface area (Å²) in [6, 6.07) is 20.9. The number of anilines is 1. The van der Waals surface area contributed by atoms with Crippen LogP contribution in [0.3, 0.4) is 0 Å². The fraction of sp³-hybridized carbons (Fsp3) is 0.258. The van der Waals surface area contributed by atoms with Crippen LogP contribution in [0.15, 0.2) is 77.8 Å². The lowest BCUT2D eigenvalue weighted by molar-refractivity contribution is -0.112. The number of amides is 1. The highest BCUT2D eigenvalue weighted by Crippen LogP contribution is 2.39. The number of morpholine rings is 1. The largest absolute Gasteiger partial charge is 0.491 e. The summed E-state index contributed by atoms with van der Waals surface area (Å²) in [6.45, 7) is 4.52. The van der Waals surface area contributed by atoms with Crippen LogP contribution in [0.1, 0.15) is 16.7 Å². The van der Waals surface area contributed by atoms with Crippen LogP contribution >= 0.6 is 0 Å². The molecule has 40 heavy (non-hydrogen) atoms. The molecule has 3 aromatic carbocycles. The molecule has 206 valence electrons. The van der Waals surface area contributed by atoms with E-state index in [4.69, 9.17) is 9.47 Å². The predicted octanol–water partition coefficient (Wildman–Crippen LogP) is 4.57. The van der Waals surface area contributed by atoms with Gasteiger partial charge in [0.2, 0.25) is 10.0 Å². The first-order valence-electron chi connectivity index (χ1n) is 13.3. The molecule has 0 radical (unpaired) electrons. The highest BCUT2D eigenvalue weighted by atomic mass is 32.2. The zero-order valence-corrected chi connectivity index (χ0v) is 23.4. The molecular formula is C31H31N3O5S. The van der Waals surface area contributed by atoms with Gasteiger partial charge in [0.15, 0.2) is 0 Å². The summed E-state index contributed by atoms with van der Waals surface area (Å²) in [5.74, 6) is 0.691. The quantitative estimate of drug-likeness (QED) is 0.311. The number of hydrogen-bond acceptors (Lipinski definition) is 5. The van der Waals surface area contributed by atoms with E-state index in [0.29, 0.717) is 56.3 Å². The normalized spacial score (nSPS) is 17.1. The zero-order valence-electron chi connectivity index (χ0n) is 22.5. The zero-order chi connectivity index (χ0) is 27.9. The Balaban J connectivity index is 1.35. The van der Waals surface area contributed by atoms with Crippen LogP contribution in [0, 0.1) is 6.92 Å². The van der Waals surface area contributed by atoms with Crippen molar-refractivity contribution in [1.82, 2.24) is 8.87 Å². The van der Waals surface area contributed by atoms with Crippen LogP contribution in [0.5, 0.6) is 5.75 Å². The van der Waals surface area contributed by atoms with E-state index in [9.17, 15) is 13.2 Å². The van der Waals surface area contributed by atoms with Crippen LogP contribution < -0.4 is 9.64 Å². The molecule has 1 fully saturated rings. The lowest BCUT2D eigenvalue weighted by Crippen LogP contribution is -2.40. The van der Waals surface area contributed by atoms with Gasteiger partial charge < -0.3 is 18.9 Å². The predicted molar refractivity (Wildman–Crippen MR) is 156 cm³/mol. The highest BCUT2D eigenvalue weighted by Gasteiger charge is 2.33. The van der Waals surface area contributed by atoms with Crippen molar-refractivity contribution in [2.75, 3.05) is 44.9 Å². The average molecular weight is 558 g/mol. The number of likely N-dealkylation sites (N-methyl/N-ethyl adjacent to an activating group) is 1. The van der Waals surface area contributed by atoms with Gasteiger partial charge in [-0.2, -0.15) is 4.31 Å². The third-order valence-electron chi connectivity index (χ3n) is 7.57. The maximum Gasteiger partial charge on any atom is 0.258 e. The molecule has 1 aromatic heterocycles. The lowest BCUT2D eigenvalue weighted by atomic mass is 10.0. The van der Waals surface area contributed by atoms with Crippen LogP contribution in [0.2, 0.25) is 0 Å². The van der Waals surface area contributed by atoms with Crippen molar-refractivity contribution >= 4 is 44.2 Å². The van der Waals surface area contributed by atoms with Gasteiger partial charge >= 0.3 is 0 Å². The number of ether oxygens (including phenoxy) is 2. The van der Waals surface area contributed by atoms with E-state index in [1.807, 2.05) is 61.7 Å². The Morgan fingerprint density at radius 3 is 2.55 bits per heavy atom. The van der Waals surface area contributed by atoms with Crippen molar-refractivity contribution in [2.45, 2.75) is 18.4 Å². The maximum absolute atomic E-state index is 13.4. The van der Waals surface area contributed by atoms with Gasteiger partial charge in [-0.3, -0.25) is 4.79 Å². The molecule has 0 bridgehead atoms. The number of carbonyl (C=O) groups is 1. The third-order valence-corrected chi connectivity index (χ3v) is 9.46. The summed E-state index contributed by atoms with van der Waals surface area (Å²) in [5.41, 5.74) is 4.77. The van der Waals surface area contributed by atoms with Gasteiger partial charge in [0.05, 0.1) is 30.3 Å². The van der Waals surface area contributed by atoms with E-state index in [-0.39, 0.29) is 10.8 Å². The molecule has 0 unspecified atom stereocenters. The summed E-state index contributed by atoms with van der Waals surface area (Å²) >= 11 is 0. The first kappa shape index (κ1) is 26.3. The second-order valence-electron chi connectivity index (χ2n) is 10.0. The molecular weight excluding hydrogens is 526 g/mol. The monoisotopic (exact) mass is 557 g/mol. The molecule has 0 N–H and O–H groups in total. The number of aromatic nitrogens is 1. The van der Waals surface area contributed by atoms with Gasteiger partial charge in [0.25, 0.3) is 5.91 Å². The molecule has 0 atom stereocenters. The molecule has 8 nitrogen and oxygen atoms in total. The third kappa shape index (κ3) is 4.70. The number of fused-ring (bicyclic) bond motifs is 2. The van der Waals surface area contributed by atoms with E-state index in [1.165, 1.54) is 4.31 Å². The highest BCUT2D eigenvalue weighted by molar-refractivity contribution is 7.89. The van der Waals surface area contributed by atoms with E-state index >= 15 is 0 Å². The Bertz CT molecular complexity index is 1730. The molecule has 4 aromatic rings. The minimum atomic E-state index is -3.70. The van der Waals surface area contributed by atoms with Gasteiger partial charge in [0.1, 0.15) is 12.4 Å². The first-order chi connectivity index (χ1) is 19.3. The van der Waals surface area contributed by atoms with E-state index in [0.717, 1.165) is 27.8 Å². The molecule has 0 spiro atoms. The molecule has 1 saturated heterocycles. The van der Waals surface area contributed by atoms with Gasteiger partial charge in [-0.05, 0) is 48.9 Å². The Labute approximate surface area is 234 Å². The number of aryl methyl sites for hydroxylation is 1. The Hall–Kier alpha value is -3.92.